The molecule has 4 nitrogen and oxygen atoms in total. The van der Waals surface area contributed by atoms with Crippen LogP contribution in [0, 0.1) is 0 Å². The molecule has 1 atom stereocenters. The fourth-order valence-electron chi connectivity index (χ4n) is 2.27. The van der Waals surface area contributed by atoms with Crippen molar-refractivity contribution in [3.05, 3.63) is 18.2 Å². The normalized spacial score (nSPS) is 20.3. The van der Waals surface area contributed by atoms with Gasteiger partial charge < -0.3 is 20.7 Å². The Morgan fingerprint density at radius 1 is 1.44 bits per heavy atom. The first-order valence-electron chi connectivity index (χ1n) is 6.56. The Balaban J connectivity index is 2.04. The summed E-state index contributed by atoms with van der Waals surface area (Å²) in [6.07, 6.45) is 1.32. The van der Waals surface area contributed by atoms with Crippen LogP contribution < -0.4 is 15.8 Å². The highest BCUT2D eigenvalue weighted by Crippen LogP contribution is 2.27. The summed E-state index contributed by atoms with van der Waals surface area (Å²) in [5.41, 5.74) is 7.68. The number of ether oxygens (including phenoxy) is 1. The van der Waals surface area contributed by atoms with Crippen LogP contribution in [0.15, 0.2) is 18.2 Å². The third-order valence-corrected chi connectivity index (χ3v) is 3.14. The van der Waals surface area contributed by atoms with Gasteiger partial charge in [0.1, 0.15) is 5.75 Å². The van der Waals surface area contributed by atoms with Gasteiger partial charge >= 0.3 is 0 Å². The molecule has 1 saturated heterocycles. The van der Waals surface area contributed by atoms with E-state index in [1.54, 1.807) is 0 Å². The van der Waals surface area contributed by atoms with Crippen LogP contribution in [0.3, 0.4) is 0 Å². The average Bonchev–Trinajstić information content (AvgIpc) is 2.68. The maximum absolute atomic E-state index is 5.91. The number of anilines is 2. The van der Waals surface area contributed by atoms with E-state index in [0.717, 1.165) is 24.5 Å². The van der Waals surface area contributed by atoms with Gasteiger partial charge in [-0.15, -0.1) is 0 Å². The van der Waals surface area contributed by atoms with Crippen molar-refractivity contribution in [3.63, 3.8) is 0 Å². The van der Waals surface area contributed by atoms with Gasteiger partial charge in [-0.3, -0.25) is 0 Å². The maximum Gasteiger partial charge on any atom is 0.144 e. The zero-order valence-corrected chi connectivity index (χ0v) is 11.4. The fourth-order valence-corrected chi connectivity index (χ4v) is 2.27. The highest BCUT2D eigenvalue weighted by Gasteiger charge is 2.19. The standard InChI is InChI=1S/C14H23N3O/c1-10(2)18-14-8-11(4-5-13(14)15)16-12-6-7-17(3)9-12/h4-5,8,10,12,16H,6-7,9,15H2,1-3H3. The molecule has 0 amide bonds. The number of likely N-dealkylation sites (N-methyl/N-ethyl adjacent to an activating group) is 1. The lowest BCUT2D eigenvalue weighted by molar-refractivity contribution is 0.244. The van der Waals surface area contributed by atoms with E-state index < -0.39 is 0 Å². The number of benzene rings is 1. The second-order valence-corrected chi connectivity index (χ2v) is 5.31. The summed E-state index contributed by atoms with van der Waals surface area (Å²) in [7, 11) is 2.15. The fraction of sp³-hybridized carbons (Fsp3) is 0.571. The van der Waals surface area contributed by atoms with E-state index in [1.165, 1.54) is 6.42 Å². The van der Waals surface area contributed by atoms with E-state index in [4.69, 9.17) is 10.5 Å². The molecule has 0 saturated carbocycles. The van der Waals surface area contributed by atoms with Gasteiger partial charge in [0.2, 0.25) is 0 Å². The topological polar surface area (TPSA) is 50.5 Å². The SMILES string of the molecule is CC(C)Oc1cc(NC2CCN(C)C2)ccc1N. The molecule has 100 valence electrons. The molecule has 0 spiro atoms. The summed E-state index contributed by atoms with van der Waals surface area (Å²) in [5, 5.41) is 3.53. The summed E-state index contributed by atoms with van der Waals surface area (Å²) in [6, 6.07) is 6.43. The molecule has 1 heterocycles. The summed E-state index contributed by atoms with van der Waals surface area (Å²) in [6.45, 7) is 6.25. The third kappa shape index (κ3) is 3.29. The van der Waals surface area contributed by atoms with Crippen LogP contribution in [0.1, 0.15) is 20.3 Å². The van der Waals surface area contributed by atoms with Crippen molar-refractivity contribution >= 4 is 11.4 Å². The third-order valence-electron chi connectivity index (χ3n) is 3.14. The Kier molecular flexibility index (Phi) is 3.97. The number of nitrogens with zero attached hydrogens (tertiary/aromatic N) is 1. The van der Waals surface area contributed by atoms with Crippen molar-refractivity contribution in [1.82, 2.24) is 4.90 Å². The molecule has 2 rings (SSSR count). The molecule has 1 aromatic carbocycles. The van der Waals surface area contributed by atoms with Gasteiger partial charge in [0.05, 0.1) is 11.8 Å². The van der Waals surface area contributed by atoms with Gasteiger partial charge in [-0.2, -0.15) is 0 Å². The summed E-state index contributed by atoms with van der Waals surface area (Å²) in [5.74, 6) is 0.765. The predicted molar refractivity (Wildman–Crippen MR) is 76.1 cm³/mol. The van der Waals surface area contributed by atoms with Crippen LogP contribution >= 0.6 is 0 Å². The van der Waals surface area contributed by atoms with Crippen LogP contribution in [0.2, 0.25) is 0 Å². The highest BCUT2D eigenvalue weighted by atomic mass is 16.5. The van der Waals surface area contributed by atoms with Gasteiger partial charge in [-0.05, 0) is 46.0 Å². The minimum atomic E-state index is 0.139. The predicted octanol–water partition coefficient (Wildman–Crippen LogP) is 2.17. The smallest absolute Gasteiger partial charge is 0.144 e. The summed E-state index contributed by atoms with van der Waals surface area (Å²) < 4.78 is 5.70. The van der Waals surface area contributed by atoms with Crippen molar-refractivity contribution in [2.45, 2.75) is 32.4 Å². The van der Waals surface area contributed by atoms with Gasteiger partial charge in [0, 0.05) is 24.3 Å². The van der Waals surface area contributed by atoms with Gasteiger partial charge in [-0.25, -0.2) is 0 Å². The minimum Gasteiger partial charge on any atom is -0.489 e. The van der Waals surface area contributed by atoms with Crippen LogP contribution in [0.25, 0.3) is 0 Å². The lowest BCUT2D eigenvalue weighted by Crippen LogP contribution is -2.23. The summed E-state index contributed by atoms with van der Waals surface area (Å²) in [4.78, 5) is 2.33. The van der Waals surface area contributed by atoms with Crippen LogP contribution in [-0.4, -0.2) is 37.2 Å². The molecule has 1 fully saturated rings. The van der Waals surface area contributed by atoms with Crippen molar-refractivity contribution in [1.29, 1.82) is 0 Å². The lowest BCUT2D eigenvalue weighted by Gasteiger charge is -2.17. The molecule has 4 heteroatoms. The van der Waals surface area contributed by atoms with E-state index in [0.29, 0.717) is 11.7 Å². The zero-order valence-electron chi connectivity index (χ0n) is 11.4. The number of rotatable bonds is 4. The van der Waals surface area contributed by atoms with Crippen molar-refractivity contribution in [2.24, 2.45) is 0 Å². The van der Waals surface area contributed by atoms with Crippen LogP contribution in [-0.2, 0) is 0 Å². The Hall–Kier alpha value is -1.42. The van der Waals surface area contributed by atoms with Crippen LogP contribution in [0.4, 0.5) is 11.4 Å². The largest absolute Gasteiger partial charge is 0.489 e. The van der Waals surface area contributed by atoms with Crippen molar-refractivity contribution in [2.75, 3.05) is 31.2 Å². The van der Waals surface area contributed by atoms with Crippen molar-refractivity contribution in [3.8, 4) is 5.75 Å². The molecule has 0 aliphatic carbocycles. The van der Waals surface area contributed by atoms with Gasteiger partial charge in [0.15, 0.2) is 0 Å². The number of nitrogen functional groups attached to an aromatic ring is 1. The van der Waals surface area contributed by atoms with E-state index in [9.17, 15) is 0 Å². The van der Waals surface area contributed by atoms with Crippen molar-refractivity contribution < 1.29 is 4.74 Å². The van der Waals surface area contributed by atoms with Crippen LogP contribution in [0.5, 0.6) is 5.75 Å². The van der Waals surface area contributed by atoms with E-state index >= 15 is 0 Å². The molecular weight excluding hydrogens is 226 g/mol. The first kappa shape index (κ1) is 13.0. The number of nitrogens with two attached hydrogens (primary N) is 1. The van der Waals surface area contributed by atoms with E-state index in [-0.39, 0.29) is 6.10 Å². The number of likely N-dealkylation sites (tertiary alicyclic amines) is 1. The van der Waals surface area contributed by atoms with Gasteiger partial charge in [-0.1, -0.05) is 0 Å². The molecule has 0 aromatic heterocycles. The second-order valence-electron chi connectivity index (χ2n) is 5.31. The molecule has 1 aliphatic rings. The molecular formula is C14H23N3O. The Labute approximate surface area is 109 Å². The summed E-state index contributed by atoms with van der Waals surface area (Å²) >= 11 is 0. The Bertz CT molecular complexity index is 406. The zero-order chi connectivity index (χ0) is 13.1. The quantitative estimate of drug-likeness (QED) is 0.803. The monoisotopic (exact) mass is 249 g/mol. The van der Waals surface area contributed by atoms with Gasteiger partial charge in [0.25, 0.3) is 0 Å². The first-order valence-corrected chi connectivity index (χ1v) is 6.56. The molecule has 3 N–H and O–H groups in total. The molecule has 18 heavy (non-hydrogen) atoms. The minimum absolute atomic E-state index is 0.139. The molecule has 0 radical (unpaired) electrons. The Morgan fingerprint density at radius 3 is 2.83 bits per heavy atom. The van der Waals surface area contributed by atoms with E-state index in [1.807, 2.05) is 32.0 Å². The molecule has 0 bridgehead atoms. The second kappa shape index (κ2) is 5.48. The lowest BCUT2D eigenvalue weighted by atomic mass is 10.2. The first-order chi connectivity index (χ1) is 8.54. The number of nitrogens with one attached hydrogen (secondary N) is 1. The maximum atomic E-state index is 5.91. The number of hydrogen-bond donors (Lipinski definition) is 2. The number of hydrogen-bond acceptors (Lipinski definition) is 4. The average molecular weight is 249 g/mol. The highest BCUT2D eigenvalue weighted by molar-refractivity contribution is 5.61. The Morgan fingerprint density at radius 2 is 2.22 bits per heavy atom. The molecule has 1 aromatic rings. The molecule has 1 aliphatic heterocycles. The molecule has 1 unspecified atom stereocenters. The van der Waals surface area contributed by atoms with E-state index in [2.05, 4.69) is 17.3 Å².